The molecule has 0 radical (unpaired) electrons. The number of aliphatic carboxylic acids is 1. The second kappa shape index (κ2) is 6.21. The number of nitrogens with zero attached hydrogens (tertiary/aromatic N) is 1. The number of rotatable bonds is 3. The highest BCUT2D eigenvalue weighted by molar-refractivity contribution is 5.68. The number of aliphatic hydroxyl groups is 1. The van der Waals surface area contributed by atoms with Crippen LogP contribution in [0, 0.1) is 0 Å². The molecule has 0 aromatic heterocycles. The molecule has 19 heavy (non-hydrogen) atoms. The van der Waals surface area contributed by atoms with Crippen LogP contribution in [0.4, 0.5) is 4.79 Å². The molecule has 0 bridgehead atoms. The number of aliphatic hydroxyl groups excluding tert-OH is 1. The fraction of sp³-hybridized carbons (Fsp3) is 0.833. The molecule has 1 aliphatic rings. The van der Waals surface area contributed by atoms with Crippen LogP contribution in [0.2, 0.25) is 0 Å². The third-order valence-corrected chi connectivity index (χ3v) is 2.56. The topological polar surface area (TPSA) is 96.3 Å². The van der Waals surface area contributed by atoms with Crippen molar-refractivity contribution in [1.82, 2.24) is 4.90 Å². The molecule has 0 aromatic rings. The lowest BCUT2D eigenvalue weighted by molar-refractivity contribution is -0.144. The Morgan fingerprint density at radius 1 is 1.47 bits per heavy atom. The third-order valence-electron chi connectivity index (χ3n) is 2.56. The van der Waals surface area contributed by atoms with Crippen molar-refractivity contribution in [1.29, 1.82) is 0 Å². The number of hydrogen-bond acceptors (Lipinski definition) is 5. The van der Waals surface area contributed by atoms with Crippen molar-refractivity contribution in [2.24, 2.45) is 0 Å². The van der Waals surface area contributed by atoms with Gasteiger partial charge in [-0.05, 0) is 20.8 Å². The summed E-state index contributed by atoms with van der Waals surface area (Å²) in [5.41, 5.74) is -0.593. The van der Waals surface area contributed by atoms with Crippen molar-refractivity contribution >= 4 is 12.1 Å². The van der Waals surface area contributed by atoms with Crippen LogP contribution in [-0.4, -0.2) is 64.7 Å². The van der Waals surface area contributed by atoms with Crippen molar-refractivity contribution in [3.63, 3.8) is 0 Å². The highest BCUT2D eigenvalue weighted by Crippen LogP contribution is 2.15. The molecule has 0 saturated carbocycles. The number of carboxylic acids is 1. The van der Waals surface area contributed by atoms with Gasteiger partial charge in [0.15, 0.2) is 0 Å². The average molecular weight is 275 g/mol. The van der Waals surface area contributed by atoms with E-state index in [-0.39, 0.29) is 13.2 Å². The van der Waals surface area contributed by atoms with Gasteiger partial charge in [-0.2, -0.15) is 0 Å². The normalized spacial score (nSPS) is 21.9. The van der Waals surface area contributed by atoms with Crippen LogP contribution in [0.25, 0.3) is 0 Å². The molecule has 1 aliphatic heterocycles. The van der Waals surface area contributed by atoms with Crippen LogP contribution < -0.4 is 0 Å². The summed E-state index contributed by atoms with van der Waals surface area (Å²) in [4.78, 5) is 23.8. The first-order valence-electron chi connectivity index (χ1n) is 6.18. The van der Waals surface area contributed by atoms with Crippen LogP contribution in [-0.2, 0) is 14.3 Å². The third kappa shape index (κ3) is 5.44. The number of carbonyl (C=O) groups excluding carboxylic acids is 1. The highest BCUT2D eigenvalue weighted by Gasteiger charge is 2.32. The van der Waals surface area contributed by atoms with Gasteiger partial charge in [0.05, 0.1) is 25.7 Å². The van der Waals surface area contributed by atoms with Crippen LogP contribution >= 0.6 is 0 Å². The Morgan fingerprint density at radius 2 is 2.11 bits per heavy atom. The van der Waals surface area contributed by atoms with Crippen molar-refractivity contribution in [3.8, 4) is 0 Å². The van der Waals surface area contributed by atoms with Gasteiger partial charge in [0.25, 0.3) is 0 Å². The molecule has 2 unspecified atom stereocenters. The maximum atomic E-state index is 11.9. The van der Waals surface area contributed by atoms with E-state index in [1.165, 1.54) is 4.90 Å². The SMILES string of the molecule is CC(C)(C)OC(=O)N1CCOC(C(O)CC(=O)O)C1. The van der Waals surface area contributed by atoms with Gasteiger partial charge in [-0.1, -0.05) is 0 Å². The van der Waals surface area contributed by atoms with E-state index in [4.69, 9.17) is 14.6 Å². The Hall–Kier alpha value is -1.34. The van der Waals surface area contributed by atoms with E-state index in [0.29, 0.717) is 6.54 Å². The number of hydrogen-bond donors (Lipinski definition) is 2. The Bertz CT molecular complexity index is 338. The van der Waals surface area contributed by atoms with Gasteiger partial charge in [0, 0.05) is 6.54 Å². The molecule has 0 aliphatic carbocycles. The maximum absolute atomic E-state index is 11.9. The van der Waals surface area contributed by atoms with E-state index < -0.39 is 36.3 Å². The quantitative estimate of drug-likeness (QED) is 0.776. The second-order valence-electron chi connectivity index (χ2n) is 5.50. The van der Waals surface area contributed by atoms with Gasteiger partial charge in [-0.3, -0.25) is 4.79 Å². The van der Waals surface area contributed by atoms with E-state index in [2.05, 4.69) is 0 Å². The minimum absolute atomic E-state index is 0.128. The lowest BCUT2D eigenvalue weighted by Gasteiger charge is -2.35. The molecular weight excluding hydrogens is 254 g/mol. The second-order valence-corrected chi connectivity index (χ2v) is 5.50. The summed E-state index contributed by atoms with van der Waals surface area (Å²) < 4.78 is 10.5. The molecule has 1 fully saturated rings. The molecule has 0 spiro atoms. The largest absolute Gasteiger partial charge is 0.481 e. The zero-order chi connectivity index (χ0) is 14.6. The molecule has 110 valence electrons. The monoisotopic (exact) mass is 275 g/mol. The standard InChI is InChI=1S/C12H21NO6/c1-12(2,3)19-11(17)13-4-5-18-9(7-13)8(14)6-10(15)16/h8-9,14H,4-7H2,1-3H3,(H,15,16). The first-order valence-corrected chi connectivity index (χ1v) is 6.18. The average Bonchev–Trinajstić information content (AvgIpc) is 2.26. The van der Waals surface area contributed by atoms with Gasteiger partial charge in [-0.25, -0.2) is 4.79 Å². The molecule has 7 heteroatoms. The predicted molar refractivity (Wildman–Crippen MR) is 65.8 cm³/mol. The smallest absolute Gasteiger partial charge is 0.410 e. The summed E-state index contributed by atoms with van der Waals surface area (Å²) in [7, 11) is 0. The molecule has 1 amide bonds. The summed E-state index contributed by atoms with van der Waals surface area (Å²) in [6.07, 6.45) is -2.73. The minimum Gasteiger partial charge on any atom is -0.481 e. The van der Waals surface area contributed by atoms with Gasteiger partial charge in [-0.15, -0.1) is 0 Å². The first kappa shape index (κ1) is 15.7. The van der Waals surface area contributed by atoms with E-state index in [0.717, 1.165) is 0 Å². The number of carbonyl (C=O) groups is 2. The first-order chi connectivity index (χ1) is 8.69. The maximum Gasteiger partial charge on any atom is 0.410 e. The summed E-state index contributed by atoms with van der Waals surface area (Å²) in [6, 6.07) is 0. The van der Waals surface area contributed by atoms with Gasteiger partial charge in [0.1, 0.15) is 11.7 Å². The number of amides is 1. The Morgan fingerprint density at radius 3 is 2.63 bits per heavy atom. The van der Waals surface area contributed by atoms with Crippen molar-refractivity contribution in [2.45, 2.75) is 45.0 Å². The number of morpholine rings is 1. The summed E-state index contributed by atoms with van der Waals surface area (Å²) in [6.45, 7) is 6.04. The van der Waals surface area contributed by atoms with Crippen molar-refractivity contribution < 1.29 is 29.3 Å². The summed E-state index contributed by atoms with van der Waals surface area (Å²) in [5.74, 6) is -1.11. The molecule has 7 nitrogen and oxygen atoms in total. The van der Waals surface area contributed by atoms with Gasteiger partial charge >= 0.3 is 12.1 Å². The highest BCUT2D eigenvalue weighted by atomic mass is 16.6. The van der Waals surface area contributed by atoms with Crippen LogP contribution in [0.5, 0.6) is 0 Å². The fourth-order valence-electron chi connectivity index (χ4n) is 1.71. The molecule has 1 saturated heterocycles. The lowest BCUT2D eigenvalue weighted by Crippen LogP contribution is -2.51. The van der Waals surface area contributed by atoms with E-state index in [9.17, 15) is 14.7 Å². The molecule has 0 aromatic carbocycles. The van der Waals surface area contributed by atoms with Crippen molar-refractivity contribution in [2.75, 3.05) is 19.7 Å². The molecule has 1 heterocycles. The van der Waals surface area contributed by atoms with E-state index in [1.54, 1.807) is 20.8 Å². The predicted octanol–water partition coefficient (Wildman–Crippen LogP) is 0.458. The molecular formula is C12H21NO6. The number of carboxylic acid groups (broad SMARTS) is 1. The zero-order valence-corrected chi connectivity index (χ0v) is 11.5. The van der Waals surface area contributed by atoms with E-state index >= 15 is 0 Å². The lowest BCUT2D eigenvalue weighted by atomic mass is 10.1. The van der Waals surface area contributed by atoms with E-state index in [1.807, 2.05) is 0 Å². The fourth-order valence-corrected chi connectivity index (χ4v) is 1.71. The zero-order valence-electron chi connectivity index (χ0n) is 11.5. The van der Waals surface area contributed by atoms with Crippen molar-refractivity contribution in [3.05, 3.63) is 0 Å². The van der Waals surface area contributed by atoms with Crippen LogP contribution in [0.1, 0.15) is 27.2 Å². The molecule has 2 atom stereocenters. The molecule has 1 rings (SSSR count). The Balaban J connectivity index is 2.54. The van der Waals surface area contributed by atoms with Gasteiger partial charge < -0.3 is 24.6 Å². The van der Waals surface area contributed by atoms with Crippen LogP contribution in [0.3, 0.4) is 0 Å². The minimum atomic E-state index is -1.14. The Labute approximate surface area is 112 Å². The molecule has 2 N–H and O–H groups in total. The van der Waals surface area contributed by atoms with Gasteiger partial charge in [0.2, 0.25) is 0 Å². The van der Waals surface area contributed by atoms with Crippen LogP contribution in [0.15, 0.2) is 0 Å². The summed E-state index contributed by atoms with van der Waals surface area (Å²) >= 11 is 0. The number of ether oxygens (including phenoxy) is 2. The summed E-state index contributed by atoms with van der Waals surface area (Å²) in [5, 5.41) is 18.3. The Kier molecular flexibility index (Phi) is 5.13.